The van der Waals surface area contributed by atoms with E-state index in [4.69, 9.17) is 9.47 Å². The summed E-state index contributed by atoms with van der Waals surface area (Å²) in [5.74, 6) is -2.82. The molecule has 0 radical (unpaired) electrons. The first-order chi connectivity index (χ1) is 17.1. The van der Waals surface area contributed by atoms with Gasteiger partial charge < -0.3 is 25.2 Å². The van der Waals surface area contributed by atoms with Gasteiger partial charge in [0.2, 0.25) is 0 Å². The van der Waals surface area contributed by atoms with Crippen molar-refractivity contribution in [1.29, 1.82) is 0 Å². The zero-order chi connectivity index (χ0) is 26.4. The third-order valence-corrected chi connectivity index (χ3v) is 5.55. The molecule has 1 aliphatic rings. The number of ether oxygens (including phenoxy) is 2. The minimum Gasteiger partial charge on any atom is -0.508 e. The van der Waals surface area contributed by atoms with Gasteiger partial charge in [0.15, 0.2) is 0 Å². The van der Waals surface area contributed by atoms with Gasteiger partial charge in [-0.15, -0.1) is 0 Å². The number of nitrogens with zero attached hydrogens (tertiary/aromatic N) is 1. The van der Waals surface area contributed by atoms with Crippen LogP contribution in [0.3, 0.4) is 0 Å². The summed E-state index contributed by atoms with van der Waals surface area (Å²) in [7, 11) is 1.20. The van der Waals surface area contributed by atoms with Crippen molar-refractivity contribution in [2.75, 3.05) is 20.3 Å². The maximum atomic E-state index is 13.2. The average Bonchev–Trinajstić information content (AvgIpc) is 2.85. The Labute approximate surface area is 206 Å². The van der Waals surface area contributed by atoms with E-state index in [0.29, 0.717) is 22.5 Å². The predicted molar refractivity (Wildman–Crippen MR) is 128 cm³/mol. The highest BCUT2D eigenvalue weighted by molar-refractivity contribution is 6.00. The van der Waals surface area contributed by atoms with E-state index in [9.17, 15) is 29.6 Å². The van der Waals surface area contributed by atoms with Crippen LogP contribution in [0.5, 0.6) is 5.75 Å². The minimum absolute atomic E-state index is 0.00536. The number of rotatable bonds is 8. The zero-order valence-electron chi connectivity index (χ0n) is 19.9. The lowest BCUT2D eigenvalue weighted by molar-refractivity contribution is -0.384. The highest BCUT2D eigenvalue weighted by Gasteiger charge is 2.38. The van der Waals surface area contributed by atoms with Gasteiger partial charge in [-0.05, 0) is 43.7 Å². The number of dihydropyridines is 1. The summed E-state index contributed by atoms with van der Waals surface area (Å²) >= 11 is 0. The molecule has 1 amide bonds. The normalized spacial score (nSPS) is 15.1. The van der Waals surface area contributed by atoms with E-state index in [-0.39, 0.29) is 35.7 Å². The fourth-order valence-electron chi connectivity index (χ4n) is 3.90. The fraction of sp³-hybridized carbons (Fsp3) is 0.240. The topological polar surface area (TPSA) is 157 Å². The molecular formula is C25H25N3O8. The lowest BCUT2D eigenvalue weighted by Crippen LogP contribution is -2.33. The van der Waals surface area contributed by atoms with Crippen molar-refractivity contribution in [3.63, 3.8) is 0 Å². The van der Waals surface area contributed by atoms with E-state index >= 15 is 0 Å². The summed E-state index contributed by atoms with van der Waals surface area (Å²) in [6.45, 7) is 3.11. The smallest absolute Gasteiger partial charge is 0.336 e. The van der Waals surface area contributed by atoms with Gasteiger partial charge in [0.25, 0.3) is 11.6 Å². The third-order valence-electron chi connectivity index (χ3n) is 5.55. The number of nitro groups is 1. The molecule has 0 spiro atoms. The fourth-order valence-corrected chi connectivity index (χ4v) is 3.90. The largest absolute Gasteiger partial charge is 0.508 e. The number of esters is 2. The van der Waals surface area contributed by atoms with Crippen LogP contribution in [-0.4, -0.2) is 48.1 Å². The van der Waals surface area contributed by atoms with Crippen LogP contribution < -0.4 is 10.6 Å². The van der Waals surface area contributed by atoms with E-state index in [1.54, 1.807) is 19.9 Å². The molecule has 0 aromatic heterocycles. The third kappa shape index (κ3) is 5.69. The molecule has 36 heavy (non-hydrogen) atoms. The monoisotopic (exact) mass is 495 g/mol. The Bertz CT molecular complexity index is 1260. The zero-order valence-corrected chi connectivity index (χ0v) is 19.9. The van der Waals surface area contributed by atoms with Gasteiger partial charge in [-0.25, -0.2) is 9.59 Å². The highest BCUT2D eigenvalue weighted by Crippen LogP contribution is 2.40. The highest BCUT2D eigenvalue weighted by atomic mass is 16.6. The Morgan fingerprint density at radius 3 is 2.31 bits per heavy atom. The van der Waals surface area contributed by atoms with Crippen LogP contribution in [0.2, 0.25) is 0 Å². The van der Waals surface area contributed by atoms with Crippen LogP contribution >= 0.6 is 0 Å². The van der Waals surface area contributed by atoms with Gasteiger partial charge in [0.1, 0.15) is 12.4 Å². The number of allylic oxidation sites excluding steroid dienone is 2. The van der Waals surface area contributed by atoms with E-state index in [1.165, 1.54) is 49.6 Å². The van der Waals surface area contributed by atoms with Crippen molar-refractivity contribution in [1.82, 2.24) is 10.6 Å². The van der Waals surface area contributed by atoms with Crippen molar-refractivity contribution in [3.05, 3.63) is 92.3 Å². The minimum atomic E-state index is -0.974. The number of non-ortho nitro benzene ring substituents is 1. The number of nitro benzene ring substituents is 1. The SMILES string of the molecule is COC(=O)C1=C(C)NC(C)=C(C(=O)OCCNC(=O)c2ccc(O)cc2)C1c1cccc([N+](=O)[O-])c1. The van der Waals surface area contributed by atoms with Crippen molar-refractivity contribution >= 4 is 23.5 Å². The molecular weight excluding hydrogens is 470 g/mol. The van der Waals surface area contributed by atoms with Gasteiger partial charge in [0.05, 0.1) is 35.6 Å². The number of phenols is 1. The summed E-state index contributed by atoms with van der Waals surface area (Å²) in [5.41, 5.74) is 1.53. The standard InChI is InChI=1S/C25H25N3O8/c1-14-20(24(31)35-3)22(17-5-4-6-18(13-17)28(33)34)21(15(2)27-14)25(32)36-12-11-26-23(30)16-7-9-19(29)10-8-16/h4-10,13,22,27,29H,11-12H2,1-3H3,(H,26,30). The molecule has 0 saturated heterocycles. The van der Waals surface area contributed by atoms with Gasteiger partial charge in [-0.1, -0.05) is 12.1 Å². The molecule has 1 aliphatic heterocycles. The van der Waals surface area contributed by atoms with E-state index in [2.05, 4.69) is 10.6 Å². The lowest BCUT2D eigenvalue weighted by Gasteiger charge is -2.30. The van der Waals surface area contributed by atoms with Gasteiger partial charge in [-0.3, -0.25) is 14.9 Å². The maximum Gasteiger partial charge on any atom is 0.336 e. The van der Waals surface area contributed by atoms with E-state index in [1.807, 2.05) is 0 Å². The first-order valence-corrected chi connectivity index (χ1v) is 10.9. The Hall–Kier alpha value is -4.67. The number of hydrogen-bond donors (Lipinski definition) is 3. The van der Waals surface area contributed by atoms with Gasteiger partial charge >= 0.3 is 11.9 Å². The molecule has 11 heteroatoms. The number of carbonyl (C=O) groups is 3. The number of carbonyl (C=O) groups excluding carboxylic acids is 3. The lowest BCUT2D eigenvalue weighted by atomic mass is 9.80. The van der Waals surface area contributed by atoms with Gasteiger partial charge in [0, 0.05) is 29.1 Å². The molecule has 2 aromatic rings. The Morgan fingerprint density at radius 1 is 1.06 bits per heavy atom. The number of nitrogens with one attached hydrogen (secondary N) is 2. The van der Waals surface area contributed by atoms with Crippen molar-refractivity contribution in [3.8, 4) is 5.75 Å². The summed E-state index contributed by atoms with van der Waals surface area (Å²) in [4.78, 5) is 48.8. The maximum absolute atomic E-state index is 13.2. The van der Waals surface area contributed by atoms with E-state index in [0.717, 1.165) is 0 Å². The molecule has 0 bridgehead atoms. The molecule has 0 aliphatic carbocycles. The molecule has 3 rings (SSSR count). The van der Waals surface area contributed by atoms with Crippen LogP contribution in [-0.2, 0) is 19.1 Å². The molecule has 1 heterocycles. The second-order valence-corrected chi connectivity index (χ2v) is 7.92. The van der Waals surface area contributed by atoms with Crippen LogP contribution in [0.1, 0.15) is 35.7 Å². The number of methoxy groups -OCH3 is 1. The summed E-state index contributed by atoms with van der Waals surface area (Å²) in [6.07, 6.45) is 0. The number of hydrogen-bond acceptors (Lipinski definition) is 9. The number of amides is 1. The molecule has 1 atom stereocenters. The van der Waals surface area contributed by atoms with Crippen molar-refractivity contribution in [2.24, 2.45) is 0 Å². The quantitative estimate of drug-likeness (QED) is 0.217. The molecule has 0 fully saturated rings. The molecule has 188 valence electrons. The van der Waals surface area contributed by atoms with Crippen molar-refractivity contribution < 1.29 is 33.9 Å². The second kappa shape index (κ2) is 11.2. The first kappa shape index (κ1) is 25.9. The number of aromatic hydroxyl groups is 1. The molecule has 2 aromatic carbocycles. The predicted octanol–water partition coefficient (Wildman–Crippen LogP) is 2.68. The number of phenolic OH excluding ortho intramolecular Hbond substituents is 1. The van der Waals surface area contributed by atoms with Crippen LogP contribution in [0.25, 0.3) is 0 Å². The molecule has 3 N–H and O–H groups in total. The molecule has 0 saturated carbocycles. The molecule has 11 nitrogen and oxygen atoms in total. The summed E-state index contributed by atoms with van der Waals surface area (Å²) in [6, 6.07) is 11.3. The van der Waals surface area contributed by atoms with Crippen LogP contribution in [0.15, 0.2) is 71.1 Å². The van der Waals surface area contributed by atoms with Crippen molar-refractivity contribution in [2.45, 2.75) is 19.8 Å². The Balaban J connectivity index is 1.81. The number of benzene rings is 2. The average molecular weight is 495 g/mol. The van der Waals surface area contributed by atoms with Crippen LogP contribution in [0, 0.1) is 10.1 Å². The first-order valence-electron chi connectivity index (χ1n) is 10.9. The van der Waals surface area contributed by atoms with Gasteiger partial charge in [-0.2, -0.15) is 0 Å². The summed E-state index contributed by atoms with van der Waals surface area (Å²) < 4.78 is 10.3. The van der Waals surface area contributed by atoms with Crippen LogP contribution in [0.4, 0.5) is 5.69 Å². The Kier molecular flexibility index (Phi) is 8.05. The van der Waals surface area contributed by atoms with E-state index < -0.39 is 28.7 Å². The summed E-state index contributed by atoms with van der Waals surface area (Å²) in [5, 5.41) is 26.3. The second-order valence-electron chi connectivity index (χ2n) is 7.92. The Morgan fingerprint density at radius 2 is 1.69 bits per heavy atom. The molecule has 1 unspecified atom stereocenters.